The van der Waals surface area contributed by atoms with Gasteiger partial charge in [-0.2, -0.15) is 0 Å². The predicted molar refractivity (Wildman–Crippen MR) is 63.2 cm³/mol. The highest BCUT2D eigenvalue weighted by Crippen LogP contribution is 2.17. The lowest BCUT2D eigenvalue weighted by Crippen LogP contribution is -2.28. The first-order valence-corrected chi connectivity index (χ1v) is 6.18. The van der Waals surface area contributed by atoms with Gasteiger partial charge in [0.25, 0.3) is 0 Å². The zero-order valence-corrected chi connectivity index (χ0v) is 10.3. The van der Waals surface area contributed by atoms with Crippen LogP contribution in [0.1, 0.15) is 19.3 Å². The van der Waals surface area contributed by atoms with Gasteiger partial charge in [-0.05, 0) is 19.4 Å². The van der Waals surface area contributed by atoms with E-state index in [1.165, 1.54) is 0 Å². The molecule has 0 fully saturated rings. The molecule has 0 bridgehead atoms. The van der Waals surface area contributed by atoms with Crippen LogP contribution in [0.25, 0.3) is 0 Å². The van der Waals surface area contributed by atoms with Crippen molar-refractivity contribution in [1.29, 1.82) is 0 Å². The van der Waals surface area contributed by atoms with Gasteiger partial charge in [0.2, 0.25) is 0 Å². The average molecular weight is 252 g/mol. The molecule has 0 aliphatic carbocycles. The summed E-state index contributed by atoms with van der Waals surface area (Å²) in [4.78, 5) is 11.4. The van der Waals surface area contributed by atoms with Gasteiger partial charge in [0.15, 0.2) is 5.52 Å². The molecule has 0 aliphatic heterocycles. The minimum Gasteiger partial charge on any atom is -0.394 e. The quantitative estimate of drug-likeness (QED) is 0.290. The number of aliphatic hydroxyl groups is 2. The number of aliphatic hydroxyl groups excluding tert-OH is 2. The summed E-state index contributed by atoms with van der Waals surface area (Å²) in [6.07, 6.45) is 1.35. The molecule has 0 aromatic carbocycles. The number of carbonyl (C=O) groups excluding carboxylic acids is 1. The minimum atomic E-state index is -0.936. The largest absolute Gasteiger partial charge is 0.394 e. The topological polar surface area (TPSA) is 119 Å². The Morgan fingerprint density at radius 2 is 2.12 bits per heavy atom. The summed E-state index contributed by atoms with van der Waals surface area (Å²) in [6, 6.07) is -0.517. The van der Waals surface area contributed by atoms with Crippen LogP contribution in [0.3, 0.4) is 0 Å². The van der Waals surface area contributed by atoms with Gasteiger partial charge in [0.05, 0.1) is 28.1 Å². The van der Waals surface area contributed by atoms with Crippen LogP contribution < -0.4 is 11.5 Å². The highest BCUT2D eigenvalue weighted by Gasteiger charge is 2.14. The van der Waals surface area contributed by atoms with Gasteiger partial charge in [-0.15, -0.1) is 0 Å². The fourth-order valence-corrected chi connectivity index (χ4v) is 1.69. The van der Waals surface area contributed by atoms with E-state index in [1.807, 2.05) is 0 Å². The molecule has 96 valence electrons. The molecular formula is C9H21N2O4P. The lowest BCUT2D eigenvalue weighted by atomic mass is 10.1. The number of nitrogens with two attached hydrogens (primary N) is 2. The van der Waals surface area contributed by atoms with Crippen LogP contribution in [0.5, 0.6) is 0 Å². The average Bonchev–Trinajstić information content (AvgIpc) is 2.28. The van der Waals surface area contributed by atoms with E-state index in [-0.39, 0.29) is 27.5 Å². The van der Waals surface area contributed by atoms with E-state index >= 15 is 0 Å². The molecule has 2 unspecified atom stereocenters. The minimum absolute atomic E-state index is 0.0454. The van der Waals surface area contributed by atoms with Crippen molar-refractivity contribution in [3.8, 4) is 0 Å². The maximum absolute atomic E-state index is 11.4. The fourth-order valence-electron chi connectivity index (χ4n) is 0.977. The van der Waals surface area contributed by atoms with E-state index in [2.05, 4.69) is 0 Å². The third-order valence-corrected chi connectivity index (χ3v) is 2.85. The Labute approximate surface area is 97.2 Å². The van der Waals surface area contributed by atoms with Crippen LogP contribution >= 0.6 is 8.81 Å². The van der Waals surface area contributed by atoms with Crippen molar-refractivity contribution in [2.24, 2.45) is 11.5 Å². The van der Waals surface area contributed by atoms with Gasteiger partial charge >= 0.3 is 0 Å². The molecule has 0 amide bonds. The first-order chi connectivity index (χ1) is 7.61. The number of hydrogen-bond acceptors (Lipinski definition) is 6. The molecule has 0 saturated heterocycles. The Bertz CT molecular complexity index is 194. The monoisotopic (exact) mass is 252 g/mol. The number of hydrogen-bond donors (Lipinski definition) is 4. The van der Waals surface area contributed by atoms with Crippen LogP contribution in [0.4, 0.5) is 0 Å². The molecule has 0 saturated carbocycles. The van der Waals surface area contributed by atoms with E-state index in [0.717, 1.165) is 12.8 Å². The Balaban J connectivity index is 3.55. The Morgan fingerprint density at radius 1 is 1.44 bits per heavy atom. The Morgan fingerprint density at radius 3 is 2.69 bits per heavy atom. The molecule has 0 aromatic heterocycles. The molecule has 0 radical (unpaired) electrons. The standard InChI is InChI=1S/C9H21N2O4P/c10-4-2-1-3-8(11)9(14)16-15-6-7(13)5-12/h7-8,12-13,16H,1-6,10-11H2/t7?,8-/m0/s1. The van der Waals surface area contributed by atoms with Crippen molar-refractivity contribution >= 4 is 14.3 Å². The van der Waals surface area contributed by atoms with Crippen molar-refractivity contribution in [2.75, 3.05) is 19.8 Å². The van der Waals surface area contributed by atoms with Crippen molar-refractivity contribution < 1.29 is 19.5 Å². The first kappa shape index (κ1) is 15.9. The van der Waals surface area contributed by atoms with Crippen molar-refractivity contribution in [3.63, 3.8) is 0 Å². The van der Waals surface area contributed by atoms with Crippen LogP contribution in [0.15, 0.2) is 0 Å². The van der Waals surface area contributed by atoms with Crippen LogP contribution in [0.2, 0.25) is 0 Å². The molecule has 16 heavy (non-hydrogen) atoms. The maximum Gasteiger partial charge on any atom is 0.195 e. The number of rotatable bonds is 10. The molecule has 0 heterocycles. The van der Waals surface area contributed by atoms with Gasteiger partial charge in [-0.25, -0.2) is 0 Å². The third-order valence-electron chi connectivity index (χ3n) is 1.97. The molecule has 3 atom stereocenters. The smallest absolute Gasteiger partial charge is 0.195 e. The second kappa shape index (κ2) is 10.1. The van der Waals surface area contributed by atoms with Gasteiger partial charge < -0.3 is 26.2 Å². The predicted octanol–water partition coefficient (Wildman–Crippen LogP) is -1.07. The van der Waals surface area contributed by atoms with E-state index in [4.69, 9.17) is 26.2 Å². The maximum atomic E-state index is 11.4. The summed E-state index contributed by atoms with van der Waals surface area (Å²) in [6.45, 7) is 0.180. The zero-order valence-electron chi connectivity index (χ0n) is 9.26. The summed E-state index contributed by atoms with van der Waals surface area (Å²) in [5, 5.41) is 17.5. The normalized spacial score (nSPS) is 15.5. The highest BCUT2D eigenvalue weighted by atomic mass is 31.1. The van der Waals surface area contributed by atoms with Gasteiger partial charge in [0, 0.05) is 0 Å². The Hall–Kier alpha value is -0.100. The van der Waals surface area contributed by atoms with E-state index in [9.17, 15) is 4.79 Å². The third kappa shape index (κ3) is 8.10. The molecule has 0 aliphatic rings. The van der Waals surface area contributed by atoms with Crippen LogP contribution in [-0.4, -0.2) is 47.6 Å². The lowest BCUT2D eigenvalue weighted by molar-refractivity contribution is -0.113. The molecule has 7 heteroatoms. The summed E-state index contributed by atoms with van der Waals surface area (Å²) in [5.41, 5.74) is 10.8. The molecule has 0 spiro atoms. The first-order valence-electron chi connectivity index (χ1n) is 5.28. The van der Waals surface area contributed by atoms with E-state index < -0.39 is 12.1 Å². The van der Waals surface area contributed by atoms with Crippen LogP contribution in [0, 0.1) is 0 Å². The van der Waals surface area contributed by atoms with Gasteiger partial charge in [-0.3, -0.25) is 4.79 Å². The molecule has 0 aromatic rings. The SMILES string of the molecule is NCCCC[C@H](N)C(=O)POCC(O)CO. The second-order valence-corrected chi connectivity index (χ2v) is 4.49. The van der Waals surface area contributed by atoms with E-state index in [1.54, 1.807) is 0 Å². The number of carbonyl (C=O) groups is 1. The van der Waals surface area contributed by atoms with Gasteiger partial charge in [-0.1, -0.05) is 6.42 Å². The highest BCUT2D eigenvalue weighted by molar-refractivity contribution is 7.53. The molecule has 6 N–H and O–H groups in total. The van der Waals surface area contributed by atoms with Crippen molar-refractivity contribution in [3.05, 3.63) is 0 Å². The summed E-state index contributed by atoms with van der Waals surface area (Å²) in [7, 11) is -0.372. The molecular weight excluding hydrogens is 231 g/mol. The van der Waals surface area contributed by atoms with Crippen molar-refractivity contribution in [1.82, 2.24) is 0 Å². The van der Waals surface area contributed by atoms with Crippen LogP contribution in [-0.2, 0) is 9.32 Å². The zero-order chi connectivity index (χ0) is 12.4. The lowest BCUT2D eigenvalue weighted by Gasteiger charge is -2.11. The summed E-state index contributed by atoms with van der Waals surface area (Å²) < 4.78 is 4.94. The Kier molecular flexibility index (Phi) is 10.0. The molecule has 6 nitrogen and oxygen atoms in total. The summed E-state index contributed by atoms with van der Waals surface area (Å²) >= 11 is 0. The fraction of sp³-hybridized carbons (Fsp3) is 0.889. The summed E-state index contributed by atoms with van der Waals surface area (Å²) in [5.74, 6) is 0. The van der Waals surface area contributed by atoms with Crippen molar-refractivity contribution in [2.45, 2.75) is 31.4 Å². The van der Waals surface area contributed by atoms with E-state index in [0.29, 0.717) is 13.0 Å². The molecule has 0 rings (SSSR count). The number of unbranched alkanes of at least 4 members (excludes halogenated alkanes) is 1. The second-order valence-electron chi connectivity index (χ2n) is 3.50. The van der Waals surface area contributed by atoms with Gasteiger partial charge in [0.1, 0.15) is 6.10 Å².